The maximum Gasteiger partial charge on any atom is 0.231 e. The molecule has 1 N–H and O–H groups in total. The van der Waals surface area contributed by atoms with Crippen LogP contribution in [-0.2, 0) is 9.53 Å². The molecule has 0 spiro atoms. The van der Waals surface area contributed by atoms with Gasteiger partial charge in [-0.2, -0.15) is 0 Å². The molecular weight excluding hydrogens is 228 g/mol. The fourth-order valence-electron chi connectivity index (χ4n) is 1.76. The van der Waals surface area contributed by atoms with Crippen LogP contribution >= 0.6 is 11.6 Å². The molecule has 1 aliphatic rings. The summed E-state index contributed by atoms with van der Waals surface area (Å²) in [7, 11) is 0. The van der Waals surface area contributed by atoms with Crippen LogP contribution in [0.1, 0.15) is 13.3 Å². The number of ether oxygens (including phenoxy) is 1. The van der Waals surface area contributed by atoms with Gasteiger partial charge in [0.05, 0.1) is 17.0 Å². The number of nitrogens with one attached hydrogen (secondary N) is 1. The number of carbonyl (C=O) groups excluding carboxylic acids is 1. The number of rotatable bonds is 2. The number of halogens is 1. The van der Waals surface area contributed by atoms with E-state index in [9.17, 15) is 4.79 Å². The number of pyridine rings is 1. The lowest BCUT2D eigenvalue weighted by Crippen LogP contribution is -2.28. The average molecular weight is 241 g/mol. The summed E-state index contributed by atoms with van der Waals surface area (Å²) in [5.41, 5.74) is 0. The summed E-state index contributed by atoms with van der Waals surface area (Å²) in [5, 5.41) is 3.17. The molecule has 0 bridgehead atoms. The van der Waals surface area contributed by atoms with Crippen molar-refractivity contribution in [3.63, 3.8) is 0 Å². The number of amides is 1. The third-order valence-corrected chi connectivity index (χ3v) is 3.02. The Morgan fingerprint density at radius 1 is 1.69 bits per heavy atom. The maximum atomic E-state index is 11.9. The largest absolute Gasteiger partial charge is 0.378 e. The number of carbonyl (C=O) groups is 1. The summed E-state index contributed by atoms with van der Waals surface area (Å²) in [6, 6.07) is 3.41. The molecule has 1 amide bonds. The van der Waals surface area contributed by atoms with Gasteiger partial charge in [0.1, 0.15) is 0 Å². The van der Waals surface area contributed by atoms with Gasteiger partial charge in [-0.25, -0.2) is 4.98 Å². The molecule has 1 saturated heterocycles. The summed E-state index contributed by atoms with van der Waals surface area (Å²) in [4.78, 5) is 15.9. The summed E-state index contributed by atoms with van der Waals surface area (Å²) in [6.07, 6.45) is 2.30. The first-order valence-corrected chi connectivity index (χ1v) is 5.59. The Labute approximate surface area is 99.0 Å². The molecule has 2 atom stereocenters. The molecule has 1 fully saturated rings. The Morgan fingerprint density at radius 3 is 3.12 bits per heavy atom. The zero-order chi connectivity index (χ0) is 11.5. The van der Waals surface area contributed by atoms with E-state index in [2.05, 4.69) is 10.3 Å². The maximum absolute atomic E-state index is 11.9. The van der Waals surface area contributed by atoms with Crippen LogP contribution < -0.4 is 5.32 Å². The summed E-state index contributed by atoms with van der Waals surface area (Å²) in [6.45, 7) is 2.53. The standard InChI is InChI=1S/C11H13ClN2O2/c1-7-8(4-6-16-7)11(15)14-10-9(12)3-2-5-13-10/h2-3,5,7-8H,4,6H2,1H3,(H,13,14,15). The van der Waals surface area contributed by atoms with Crippen molar-refractivity contribution in [2.24, 2.45) is 5.92 Å². The van der Waals surface area contributed by atoms with Gasteiger partial charge in [0, 0.05) is 12.8 Å². The first kappa shape index (κ1) is 11.4. The normalized spacial score (nSPS) is 24.4. The SMILES string of the molecule is CC1OCCC1C(=O)Nc1ncccc1Cl. The van der Waals surface area contributed by atoms with Crippen molar-refractivity contribution in [2.75, 3.05) is 11.9 Å². The molecule has 0 aliphatic carbocycles. The fraction of sp³-hybridized carbons (Fsp3) is 0.455. The third kappa shape index (κ3) is 2.33. The molecule has 1 aliphatic heterocycles. The quantitative estimate of drug-likeness (QED) is 0.861. The molecule has 5 heteroatoms. The Morgan fingerprint density at radius 2 is 2.50 bits per heavy atom. The second-order valence-corrected chi connectivity index (χ2v) is 4.20. The molecule has 0 radical (unpaired) electrons. The summed E-state index contributed by atoms with van der Waals surface area (Å²) >= 11 is 5.90. The van der Waals surface area contributed by atoms with E-state index in [-0.39, 0.29) is 17.9 Å². The van der Waals surface area contributed by atoms with E-state index >= 15 is 0 Å². The number of aromatic nitrogens is 1. The lowest BCUT2D eigenvalue weighted by atomic mass is 10.0. The van der Waals surface area contributed by atoms with Gasteiger partial charge in [-0.3, -0.25) is 4.79 Å². The van der Waals surface area contributed by atoms with Crippen molar-refractivity contribution in [3.05, 3.63) is 23.4 Å². The zero-order valence-corrected chi connectivity index (χ0v) is 9.70. The van der Waals surface area contributed by atoms with Gasteiger partial charge in [-0.15, -0.1) is 0 Å². The van der Waals surface area contributed by atoms with Crippen molar-refractivity contribution < 1.29 is 9.53 Å². The van der Waals surface area contributed by atoms with E-state index < -0.39 is 0 Å². The Balaban J connectivity index is 2.05. The van der Waals surface area contributed by atoms with Crippen LogP contribution in [0, 0.1) is 5.92 Å². The van der Waals surface area contributed by atoms with Crippen LogP contribution in [0.3, 0.4) is 0 Å². The minimum atomic E-state index is -0.113. The molecular formula is C11H13ClN2O2. The predicted molar refractivity (Wildman–Crippen MR) is 61.4 cm³/mol. The smallest absolute Gasteiger partial charge is 0.231 e. The summed E-state index contributed by atoms with van der Waals surface area (Å²) < 4.78 is 5.34. The van der Waals surface area contributed by atoms with E-state index in [1.54, 1.807) is 18.3 Å². The van der Waals surface area contributed by atoms with E-state index in [1.165, 1.54) is 0 Å². The van der Waals surface area contributed by atoms with Crippen molar-refractivity contribution in [1.82, 2.24) is 4.98 Å². The number of anilines is 1. The molecule has 16 heavy (non-hydrogen) atoms. The van der Waals surface area contributed by atoms with E-state index in [0.29, 0.717) is 17.4 Å². The van der Waals surface area contributed by atoms with Crippen LogP contribution in [-0.4, -0.2) is 23.6 Å². The molecule has 2 rings (SSSR count). The Kier molecular flexibility index (Phi) is 3.41. The highest BCUT2D eigenvalue weighted by molar-refractivity contribution is 6.33. The molecule has 2 heterocycles. The fourth-order valence-corrected chi connectivity index (χ4v) is 1.93. The molecule has 4 nitrogen and oxygen atoms in total. The van der Waals surface area contributed by atoms with Gasteiger partial charge >= 0.3 is 0 Å². The predicted octanol–water partition coefficient (Wildman–Crippen LogP) is 2.10. The van der Waals surface area contributed by atoms with Gasteiger partial charge in [0.15, 0.2) is 5.82 Å². The van der Waals surface area contributed by atoms with Gasteiger partial charge < -0.3 is 10.1 Å². The van der Waals surface area contributed by atoms with E-state index in [0.717, 1.165) is 6.42 Å². The van der Waals surface area contributed by atoms with Crippen LogP contribution in [0.25, 0.3) is 0 Å². The molecule has 86 valence electrons. The lowest BCUT2D eigenvalue weighted by molar-refractivity contribution is -0.121. The molecule has 0 saturated carbocycles. The number of hydrogen-bond donors (Lipinski definition) is 1. The Hall–Kier alpha value is -1.13. The van der Waals surface area contributed by atoms with Gasteiger partial charge in [-0.1, -0.05) is 11.6 Å². The van der Waals surface area contributed by atoms with Crippen LogP contribution in [0.15, 0.2) is 18.3 Å². The highest BCUT2D eigenvalue weighted by Gasteiger charge is 2.31. The van der Waals surface area contributed by atoms with Crippen molar-refractivity contribution in [2.45, 2.75) is 19.4 Å². The first-order valence-electron chi connectivity index (χ1n) is 5.21. The molecule has 1 aromatic heterocycles. The minimum absolute atomic E-state index is 0.0394. The Bertz CT molecular complexity index is 397. The van der Waals surface area contributed by atoms with Gasteiger partial charge in [-0.05, 0) is 25.5 Å². The zero-order valence-electron chi connectivity index (χ0n) is 8.94. The van der Waals surface area contributed by atoms with Crippen LogP contribution in [0.5, 0.6) is 0 Å². The molecule has 1 aromatic rings. The van der Waals surface area contributed by atoms with Gasteiger partial charge in [0.2, 0.25) is 5.91 Å². The van der Waals surface area contributed by atoms with Crippen LogP contribution in [0.4, 0.5) is 5.82 Å². The van der Waals surface area contributed by atoms with Crippen molar-refractivity contribution >= 4 is 23.3 Å². The monoisotopic (exact) mass is 240 g/mol. The van der Waals surface area contributed by atoms with E-state index in [4.69, 9.17) is 16.3 Å². The second-order valence-electron chi connectivity index (χ2n) is 3.79. The molecule has 0 aromatic carbocycles. The van der Waals surface area contributed by atoms with Crippen molar-refractivity contribution in [3.8, 4) is 0 Å². The minimum Gasteiger partial charge on any atom is -0.378 e. The van der Waals surface area contributed by atoms with Crippen LogP contribution in [0.2, 0.25) is 5.02 Å². The van der Waals surface area contributed by atoms with Gasteiger partial charge in [0.25, 0.3) is 0 Å². The summed E-state index contributed by atoms with van der Waals surface area (Å²) in [5.74, 6) is 0.219. The number of nitrogens with zero attached hydrogens (tertiary/aromatic N) is 1. The lowest BCUT2D eigenvalue weighted by Gasteiger charge is -2.13. The average Bonchev–Trinajstić information content (AvgIpc) is 2.68. The first-order chi connectivity index (χ1) is 7.68. The van der Waals surface area contributed by atoms with E-state index in [1.807, 2.05) is 6.92 Å². The highest BCUT2D eigenvalue weighted by atomic mass is 35.5. The molecule has 2 unspecified atom stereocenters. The highest BCUT2D eigenvalue weighted by Crippen LogP contribution is 2.24. The third-order valence-electron chi connectivity index (χ3n) is 2.71. The second kappa shape index (κ2) is 4.80. The number of hydrogen-bond acceptors (Lipinski definition) is 3. The van der Waals surface area contributed by atoms with Crippen molar-refractivity contribution in [1.29, 1.82) is 0 Å². The topological polar surface area (TPSA) is 51.2 Å².